The normalized spacial score (nSPS) is 19.7. The lowest BCUT2D eigenvalue weighted by atomic mass is 10.2. The summed E-state index contributed by atoms with van der Waals surface area (Å²) in [5, 5.41) is 7.22. The lowest BCUT2D eigenvalue weighted by molar-refractivity contribution is 0.414. The number of hydrogen-bond acceptors (Lipinski definition) is 5. The van der Waals surface area contributed by atoms with Gasteiger partial charge in [0.25, 0.3) is 0 Å². The molecule has 6 nitrogen and oxygen atoms in total. The van der Waals surface area contributed by atoms with Crippen LogP contribution in [0.4, 0.5) is 10.1 Å². The molecule has 1 aromatic carbocycles. The van der Waals surface area contributed by atoms with Crippen LogP contribution in [0, 0.1) is 5.82 Å². The first-order valence-corrected chi connectivity index (χ1v) is 9.10. The number of hydrogen-bond donors (Lipinski definition) is 1. The number of sulfone groups is 1. The summed E-state index contributed by atoms with van der Waals surface area (Å²) in [5.74, 6) is 0.549. The second-order valence-corrected chi connectivity index (χ2v) is 7.81. The standard InChI is InChI=1S/C15H18FN3O3S/c1-22-13-2-3-14(16)15(6-13)17-7-11-8-18-19(9-11)12-4-5-23(20,21)10-12/h2-3,6,8-9,12,17H,4-5,7,10H2,1H3/t12-/m0/s1. The van der Waals surface area contributed by atoms with Gasteiger partial charge >= 0.3 is 0 Å². The van der Waals surface area contributed by atoms with E-state index in [1.165, 1.54) is 13.2 Å². The fraction of sp³-hybridized carbons (Fsp3) is 0.400. The molecule has 0 unspecified atom stereocenters. The van der Waals surface area contributed by atoms with Crippen molar-refractivity contribution in [2.45, 2.75) is 19.0 Å². The molecule has 0 saturated carbocycles. The van der Waals surface area contributed by atoms with Crippen LogP contribution in [-0.2, 0) is 16.4 Å². The molecule has 8 heteroatoms. The molecule has 23 heavy (non-hydrogen) atoms. The Labute approximate surface area is 134 Å². The van der Waals surface area contributed by atoms with E-state index in [4.69, 9.17) is 4.74 Å². The van der Waals surface area contributed by atoms with E-state index in [-0.39, 0.29) is 23.4 Å². The number of nitrogens with zero attached hydrogens (tertiary/aromatic N) is 2. The molecule has 1 N–H and O–H groups in total. The summed E-state index contributed by atoms with van der Waals surface area (Å²) in [7, 11) is -1.42. The first kappa shape index (κ1) is 15.8. The van der Waals surface area contributed by atoms with Gasteiger partial charge in [0.05, 0.1) is 36.5 Å². The number of aromatic nitrogens is 2. The van der Waals surface area contributed by atoms with Gasteiger partial charge in [0, 0.05) is 24.4 Å². The Hall–Kier alpha value is -2.09. The maximum atomic E-state index is 13.7. The monoisotopic (exact) mass is 339 g/mol. The third-order valence-electron chi connectivity index (χ3n) is 3.89. The summed E-state index contributed by atoms with van der Waals surface area (Å²) in [5.41, 5.74) is 1.21. The number of nitrogens with one attached hydrogen (secondary N) is 1. The van der Waals surface area contributed by atoms with Crippen LogP contribution in [0.1, 0.15) is 18.0 Å². The average Bonchev–Trinajstić information content (AvgIpc) is 3.12. The molecule has 1 aliphatic rings. The van der Waals surface area contributed by atoms with Crippen LogP contribution in [0.3, 0.4) is 0 Å². The fourth-order valence-corrected chi connectivity index (χ4v) is 4.32. The van der Waals surface area contributed by atoms with Crippen molar-refractivity contribution in [3.05, 3.63) is 42.0 Å². The molecule has 1 saturated heterocycles. The van der Waals surface area contributed by atoms with Crippen molar-refractivity contribution in [1.82, 2.24) is 9.78 Å². The topological polar surface area (TPSA) is 73.2 Å². The van der Waals surface area contributed by atoms with Gasteiger partial charge in [-0.1, -0.05) is 0 Å². The lowest BCUT2D eigenvalue weighted by Gasteiger charge is -2.09. The van der Waals surface area contributed by atoms with Gasteiger partial charge < -0.3 is 10.1 Å². The van der Waals surface area contributed by atoms with Crippen LogP contribution in [0.5, 0.6) is 5.75 Å². The lowest BCUT2D eigenvalue weighted by Crippen LogP contribution is -2.11. The van der Waals surface area contributed by atoms with Gasteiger partial charge in [-0.15, -0.1) is 0 Å². The summed E-state index contributed by atoms with van der Waals surface area (Å²) in [4.78, 5) is 0. The van der Waals surface area contributed by atoms with Crippen LogP contribution in [0.15, 0.2) is 30.6 Å². The zero-order valence-electron chi connectivity index (χ0n) is 12.7. The maximum absolute atomic E-state index is 13.7. The van der Waals surface area contributed by atoms with Crippen LogP contribution >= 0.6 is 0 Å². The number of halogens is 1. The van der Waals surface area contributed by atoms with Crippen molar-refractivity contribution in [3.63, 3.8) is 0 Å². The summed E-state index contributed by atoms with van der Waals surface area (Å²) < 4.78 is 43.5. The zero-order chi connectivity index (χ0) is 16.4. The van der Waals surface area contributed by atoms with Crippen molar-refractivity contribution in [2.24, 2.45) is 0 Å². The summed E-state index contributed by atoms with van der Waals surface area (Å²) in [6.45, 7) is 0.392. The van der Waals surface area contributed by atoms with Gasteiger partial charge in [0.15, 0.2) is 9.84 Å². The number of anilines is 1. The molecular formula is C15H18FN3O3S. The fourth-order valence-electron chi connectivity index (χ4n) is 2.62. The predicted molar refractivity (Wildman–Crippen MR) is 84.8 cm³/mol. The molecule has 0 aliphatic carbocycles. The first-order chi connectivity index (χ1) is 11.0. The van der Waals surface area contributed by atoms with Gasteiger partial charge in [-0.3, -0.25) is 4.68 Å². The van der Waals surface area contributed by atoms with Crippen molar-refractivity contribution < 1.29 is 17.5 Å². The van der Waals surface area contributed by atoms with Crippen molar-refractivity contribution in [1.29, 1.82) is 0 Å². The SMILES string of the molecule is COc1ccc(F)c(NCc2cnn([C@H]3CCS(=O)(=O)C3)c2)c1. The smallest absolute Gasteiger partial charge is 0.152 e. The summed E-state index contributed by atoms with van der Waals surface area (Å²) >= 11 is 0. The Morgan fingerprint density at radius 2 is 2.30 bits per heavy atom. The average molecular weight is 339 g/mol. The van der Waals surface area contributed by atoms with Gasteiger partial charge in [-0.2, -0.15) is 5.10 Å². The zero-order valence-corrected chi connectivity index (χ0v) is 13.5. The first-order valence-electron chi connectivity index (χ1n) is 7.28. The van der Waals surface area contributed by atoms with E-state index in [1.54, 1.807) is 29.2 Å². The van der Waals surface area contributed by atoms with Crippen LogP contribution in [0.2, 0.25) is 0 Å². The number of ether oxygens (including phenoxy) is 1. The van der Waals surface area contributed by atoms with E-state index in [1.807, 2.05) is 0 Å². The Morgan fingerprint density at radius 3 is 3.00 bits per heavy atom. The van der Waals surface area contributed by atoms with Crippen molar-refractivity contribution in [2.75, 3.05) is 23.9 Å². The van der Waals surface area contributed by atoms with E-state index >= 15 is 0 Å². The van der Waals surface area contributed by atoms with Crippen LogP contribution in [-0.4, -0.2) is 36.8 Å². The van der Waals surface area contributed by atoms with E-state index in [0.29, 0.717) is 24.4 Å². The number of rotatable bonds is 5. The van der Waals surface area contributed by atoms with Gasteiger partial charge in [-0.25, -0.2) is 12.8 Å². The second kappa shape index (κ2) is 6.19. The molecule has 1 aliphatic heterocycles. The van der Waals surface area contributed by atoms with E-state index in [9.17, 15) is 12.8 Å². The molecule has 124 valence electrons. The molecule has 1 fully saturated rings. The third kappa shape index (κ3) is 3.64. The molecule has 2 heterocycles. The highest BCUT2D eigenvalue weighted by molar-refractivity contribution is 7.91. The molecule has 1 atom stereocenters. The van der Waals surface area contributed by atoms with Crippen LogP contribution < -0.4 is 10.1 Å². The third-order valence-corrected chi connectivity index (χ3v) is 5.64. The second-order valence-electron chi connectivity index (χ2n) is 5.58. The Bertz CT molecular complexity index is 804. The Kier molecular flexibility index (Phi) is 4.25. The van der Waals surface area contributed by atoms with Crippen molar-refractivity contribution >= 4 is 15.5 Å². The Morgan fingerprint density at radius 1 is 1.48 bits per heavy atom. The highest BCUT2D eigenvalue weighted by Crippen LogP contribution is 2.24. The molecule has 2 aromatic rings. The largest absolute Gasteiger partial charge is 0.497 e. The highest BCUT2D eigenvalue weighted by Gasteiger charge is 2.29. The minimum absolute atomic E-state index is 0.109. The molecule has 3 rings (SSSR count). The summed E-state index contributed by atoms with van der Waals surface area (Å²) in [6.07, 6.45) is 4.05. The van der Waals surface area contributed by atoms with Crippen molar-refractivity contribution in [3.8, 4) is 5.75 Å². The molecule has 0 radical (unpaired) electrons. The molecule has 0 spiro atoms. The highest BCUT2D eigenvalue weighted by atomic mass is 32.2. The van der Waals surface area contributed by atoms with Crippen LogP contribution in [0.25, 0.3) is 0 Å². The Balaban J connectivity index is 1.66. The van der Waals surface area contributed by atoms with E-state index in [2.05, 4.69) is 10.4 Å². The molecule has 0 amide bonds. The predicted octanol–water partition coefficient (Wildman–Crippen LogP) is 2.00. The molecule has 0 bridgehead atoms. The quantitative estimate of drug-likeness (QED) is 0.902. The minimum Gasteiger partial charge on any atom is -0.497 e. The number of methoxy groups -OCH3 is 1. The maximum Gasteiger partial charge on any atom is 0.152 e. The van der Waals surface area contributed by atoms with E-state index in [0.717, 1.165) is 5.56 Å². The van der Waals surface area contributed by atoms with Gasteiger partial charge in [0.2, 0.25) is 0 Å². The van der Waals surface area contributed by atoms with E-state index < -0.39 is 9.84 Å². The molecular weight excluding hydrogens is 321 g/mol. The van der Waals surface area contributed by atoms with Gasteiger partial charge in [0.1, 0.15) is 11.6 Å². The number of benzene rings is 1. The summed E-state index contributed by atoms with van der Waals surface area (Å²) in [6, 6.07) is 4.37. The minimum atomic E-state index is -2.94. The van der Waals surface area contributed by atoms with Gasteiger partial charge in [-0.05, 0) is 18.6 Å². The molecule has 1 aromatic heterocycles.